The topological polar surface area (TPSA) is 66.8 Å². The summed E-state index contributed by atoms with van der Waals surface area (Å²) >= 11 is 0. The number of methoxy groups -OCH3 is 1. The van der Waals surface area contributed by atoms with Gasteiger partial charge in [0, 0.05) is 12.1 Å². The number of ketones is 1. The van der Waals surface area contributed by atoms with E-state index in [1.54, 1.807) is 31.4 Å². The Bertz CT molecular complexity index is 500. The third-order valence-electron chi connectivity index (χ3n) is 3.61. The van der Waals surface area contributed by atoms with Gasteiger partial charge in [0.25, 0.3) is 0 Å². The van der Waals surface area contributed by atoms with Crippen molar-refractivity contribution >= 4 is 11.8 Å². The second-order valence-corrected chi connectivity index (χ2v) is 5.07. The Hall–Kier alpha value is -1.88. The van der Waals surface area contributed by atoms with Gasteiger partial charge in [-0.2, -0.15) is 0 Å². The Balaban J connectivity index is 1.98. The highest BCUT2D eigenvalue weighted by molar-refractivity contribution is 5.98. The first kappa shape index (κ1) is 14.5. The number of likely N-dealkylation sites (tertiary alicyclic amines) is 1. The van der Waals surface area contributed by atoms with Crippen LogP contribution in [0.15, 0.2) is 24.3 Å². The van der Waals surface area contributed by atoms with Gasteiger partial charge in [0.15, 0.2) is 5.78 Å². The number of Topliss-reactive ketones (excluding diaryl/α,β-unsaturated/α-hetero) is 1. The molecular formula is C15H19NO4. The van der Waals surface area contributed by atoms with Gasteiger partial charge in [0.05, 0.1) is 19.6 Å². The average Bonchev–Trinajstić information content (AvgIpc) is 2.47. The zero-order valence-electron chi connectivity index (χ0n) is 11.5. The summed E-state index contributed by atoms with van der Waals surface area (Å²) in [5.41, 5.74) is 0.599. The van der Waals surface area contributed by atoms with Crippen molar-refractivity contribution in [1.82, 2.24) is 4.90 Å². The van der Waals surface area contributed by atoms with Gasteiger partial charge in [-0.3, -0.25) is 14.5 Å². The van der Waals surface area contributed by atoms with Crippen LogP contribution in [0.4, 0.5) is 0 Å². The average molecular weight is 277 g/mol. The van der Waals surface area contributed by atoms with E-state index in [0.717, 1.165) is 13.0 Å². The molecule has 1 heterocycles. The molecule has 0 aromatic heterocycles. The number of hydrogen-bond acceptors (Lipinski definition) is 4. The summed E-state index contributed by atoms with van der Waals surface area (Å²) in [5, 5.41) is 9.05. The molecular weight excluding hydrogens is 258 g/mol. The molecule has 5 nitrogen and oxygen atoms in total. The highest BCUT2D eigenvalue weighted by atomic mass is 16.5. The highest BCUT2D eigenvalue weighted by Crippen LogP contribution is 2.18. The molecule has 0 amide bonds. The van der Waals surface area contributed by atoms with Crippen molar-refractivity contribution in [3.8, 4) is 5.75 Å². The Morgan fingerprint density at radius 2 is 2.25 bits per heavy atom. The van der Waals surface area contributed by atoms with Crippen LogP contribution >= 0.6 is 0 Å². The van der Waals surface area contributed by atoms with Crippen LogP contribution in [0.1, 0.15) is 23.2 Å². The molecule has 108 valence electrons. The molecule has 5 heteroatoms. The van der Waals surface area contributed by atoms with Crippen molar-refractivity contribution < 1.29 is 19.4 Å². The molecule has 1 aliphatic rings. The van der Waals surface area contributed by atoms with Gasteiger partial charge in [0.1, 0.15) is 5.75 Å². The van der Waals surface area contributed by atoms with Gasteiger partial charge in [-0.15, -0.1) is 0 Å². The maximum Gasteiger partial charge on any atom is 0.307 e. The number of nitrogens with zero attached hydrogens (tertiary/aromatic N) is 1. The monoisotopic (exact) mass is 277 g/mol. The lowest BCUT2D eigenvalue weighted by atomic mass is 9.98. The van der Waals surface area contributed by atoms with Crippen LogP contribution in [0.2, 0.25) is 0 Å². The van der Waals surface area contributed by atoms with E-state index in [-0.39, 0.29) is 18.2 Å². The minimum Gasteiger partial charge on any atom is -0.497 e. The minimum absolute atomic E-state index is 0.00469. The molecule has 1 aromatic carbocycles. The summed E-state index contributed by atoms with van der Waals surface area (Å²) in [7, 11) is 1.56. The third-order valence-corrected chi connectivity index (χ3v) is 3.61. The molecule has 1 unspecified atom stereocenters. The smallest absolute Gasteiger partial charge is 0.307 e. The Morgan fingerprint density at radius 3 is 2.95 bits per heavy atom. The largest absolute Gasteiger partial charge is 0.497 e. The van der Waals surface area contributed by atoms with Gasteiger partial charge in [-0.1, -0.05) is 12.1 Å². The van der Waals surface area contributed by atoms with Crippen LogP contribution in [0.25, 0.3) is 0 Å². The lowest BCUT2D eigenvalue weighted by Crippen LogP contribution is -2.41. The van der Waals surface area contributed by atoms with E-state index < -0.39 is 5.97 Å². The van der Waals surface area contributed by atoms with Crippen molar-refractivity contribution in [2.45, 2.75) is 12.8 Å². The van der Waals surface area contributed by atoms with Gasteiger partial charge < -0.3 is 9.84 Å². The number of rotatable bonds is 5. The molecule has 20 heavy (non-hydrogen) atoms. The summed E-state index contributed by atoms with van der Waals surface area (Å²) in [6, 6.07) is 7.03. The van der Waals surface area contributed by atoms with Crippen LogP contribution in [0, 0.1) is 5.92 Å². The third kappa shape index (κ3) is 3.57. The van der Waals surface area contributed by atoms with Gasteiger partial charge >= 0.3 is 5.97 Å². The molecule has 1 aliphatic heterocycles. The van der Waals surface area contributed by atoms with E-state index in [1.165, 1.54) is 0 Å². The van der Waals surface area contributed by atoms with Gasteiger partial charge in [-0.05, 0) is 31.5 Å². The number of aliphatic carboxylic acids is 1. The predicted octanol–water partition coefficient (Wildman–Crippen LogP) is 1.67. The molecule has 1 fully saturated rings. The van der Waals surface area contributed by atoms with Gasteiger partial charge in [0.2, 0.25) is 0 Å². The van der Waals surface area contributed by atoms with Crippen molar-refractivity contribution in [3.63, 3.8) is 0 Å². The lowest BCUT2D eigenvalue weighted by molar-refractivity contribution is -0.143. The lowest BCUT2D eigenvalue weighted by Gasteiger charge is -2.29. The summed E-state index contributed by atoms with van der Waals surface area (Å²) in [6.45, 7) is 1.49. The van der Waals surface area contributed by atoms with Crippen LogP contribution in [0.3, 0.4) is 0 Å². The zero-order chi connectivity index (χ0) is 14.5. The summed E-state index contributed by atoms with van der Waals surface area (Å²) < 4.78 is 5.10. The van der Waals surface area contributed by atoms with E-state index in [1.807, 2.05) is 4.90 Å². The minimum atomic E-state index is -0.775. The van der Waals surface area contributed by atoms with Crippen molar-refractivity contribution in [3.05, 3.63) is 29.8 Å². The normalized spacial score (nSPS) is 19.6. The van der Waals surface area contributed by atoms with Crippen molar-refractivity contribution in [1.29, 1.82) is 0 Å². The summed E-state index contributed by atoms with van der Waals surface area (Å²) in [5.74, 6) is -0.488. The first-order valence-electron chi connectivity index (χ1n) is 6.72. The Labute approximate surface area is 118 Å². The SMILES string of the molecule is COc1cccc(C(=O)CN2CCCC(C(=O)O)C2)c1. The highest BCUT2D eigenvalue weighted by Gasteiger charge is 2.26. The van der Waals surface area contributed by atoms with Crippen molar-refractivity contribution in [2.24, 2.45) is 5.92 Å². The van der Waals surface area contributed by atoms with E-state index in [2.05, 4.69) is 0 Å². The predicted molar refractivity (Wildman–Crippen MR) is 74.1 cm³/mol. The van der Waals surface area contributed by atoms with E-state index in [4.69, 9.17) is 9.84 Å². The number of carboxylic acids is 1. The number of hydrogen-bond donors (Lipinski definition) is 1. The van der Waals surface area contributed by atoms with Crippen molar-refractivity contribution in [2.75, 3.05) is 26.7 Å². The number of benzene rings is 1. The first-order chi connectivity index (χ1) is 9.60. The molecule has 0 aliphatic carbocycles. The van der Waals surface area contributed by atoms with Gasteiger partial charge in [-0.25, -0.2) is 0 Å². The van der Waals surface area contributed by atoms with Crippen LogP contribution < -0.4 is 4.74 Å². The Kier molecular flexibility index (Phi) is 4.74. The zero-order valence-corrected chi connectivity index (χ0v) is 11.5. The van der Waals surface area contributed by atoms with Crippen LogP contribution in [0.5, 0.6) is 5.75 Å². The molecule has 0 spiro atoms. The second kappa shape index (κ2) is 6.52. The van der Waals surface area contributed by atoms with E-state index >= 15 is 0 Å². The number of ether oxygens (including phenoxy) is 1. The standard InChI is InChI=1S/C15H19NO4/c1-20-13-6-2-4-11(8-13)14(17)10-16-7-3-5-12(9-16)15(18)19/h2,4,6,8,12H,3,5,7,9-10H2,1H3,(H,18,19). The first-order valence-corrected chi connectivity index (χ1v) is 6.72. The number of carbonyl (C=O) groups excluding carboxylic acids is 1. The molecule has 1 aromatic rings. The van der Waals surface area contributed by atoms with E-state index in [9.17, 15) is 9.59 Å². The summed E-state index contributed by atoms with van der Waals surface area (Å²) in [4.78, 5) is 25.1. The Morgan fingerprint density at radius 1 is 1.45 bits per heavy atom. The maximum absolute atomic E-state index is 12.2. The number of carboxylic acid groups (broad SMARTS) is 1. The molecule has 2 rings (SSSR count). The van der Waals surface area contributed by atoms with E-state index in [0.29, 0.717) is 24.3 Å². The molecule has 1 N–H and O–H groups in total. The number of piperidine rings is 1. The molecule has 0 radical (unpaired) electrons. The molecule has 0 bridgehead atoms. The quantitative estimate of drug-likeness (QED) is 0.829. The molecule has 1 saturated heterocycles. The number of carbonyl (C=O) groups is 2. The van der Waals surface area contributed by atoms with Crippen LogP contribution in [-0.4, -0.2) is 48.5 Å². The fourth-order valence-corrected chi connectivity index (χ4v) is 2.49. The molecule has 1 atom stereocenters. The molecule has 0 saturated carbocycles. The maximum atomic E-state index is 12.2. The fraction of sp³-hybridized carbons (Fsp3) is 0.467. The fourth-order valence-electron chi connectivity index (χ4n) is 2.49. The second-order valence-electron chi connectivity index (χ2n) is 5.07. The van der Waals surface area contributed by atoms with Crippen LogP contribution in [-0.2, 0) is 4.79 Å². The summed E-state index contributed by atoms with van der Waals surface area (Å²) in [6.07, 6.45) is 1.52.